The molecule has 0 fully saturated rings. The van der Waals surface area contributed by atoms with Gasteiger partial charge in [0.25, 0.3) is 5.91 Å². The Morgan fingerprint density at radius 1 is 1.36 bits per heavy atom. The fraction of sp³-hybridized carbons (Fsp3) is 0.389. The molecule has 1 aromatic rings. The highest BCUT2D eigenvalue weighted by molar-refractivity contribution is 6.01. The summed E-state index contributed by atoms with van der Waals surface area (Å²) in [6.45, 7) is 7.79. The molecule has 0 radical (unpaired) electrons. The molecule has 1 heterocycles. The highest BCUT2D eigenvalue weighted by Crippen LogP contribution is 2.36. The number of esters is 1. The number of benzene rings is 1. The molecule has 134 valence electrons. The molecule has 0 aliphatic carbocycles. The van der Waals surface area contributed by atoms with Gasteiger partial charge in [-0.3, -0.25) is 14.4 Å². The molecular formula is C18H22N2O5. The van der Waals surface area contributed by atoms with Crippen LogP contribution < -0.4 is 15.0 Å². The third-order valence-corrected chi connectivity index (χ3v) is 3.66. The molecule has 7 heteroatoms. The van der Waals surface area contributed by atoms with Crippen LogP contribution in [0.25, 0.3) is 0 Å². The van der Waals surface area contributed by atoms with Crippen molar-refractivity contribution in [3.8, 4) is 5.75 Å². The minimum Gasteiger partial charge on any atom is -0.479 e. The van der Waals surface area contributed by atoms with E-state index in [1.807, 2.05) is 6.92 Å². The van der Waals surface area contributed by atoms with Crippen LogP contribution >= 0.6 is 0 Å². The Kier molecular flexibility index (Phi) is 5.80. The van der Waals surface area contributed by atoms with Crippen LogP contribution in [0.2, 0.25) is 0 Å². The Balaban J connectivity index is 2.14. The van der Waals surface area contributed by atoms with E-state index in [1.165, 1.54) is 7.11 Å². The van der Waals surface area contributed by atoms with Gasteiger partial charge in [0.05, 0.1) is 19.2 Å². The predicted molar refractivity (Wildman–Crippen MR) is 93.6 cm³/mol. The standard InChI is InChI=1S/C18H22N2O5/c1-11(2)10-20-14-6-5-13(9-15(14)25-12(3)18(20)23)19-16(21)7-8-17(22)24-4/h5-6,9,12H,1,7-8,10H2,2-4H3,(H,19,21). The van der Waals surface area contributed by atoms with Crippen molar-refractivity contribution in [1.29, 1.82) is 0 Å². The van der Waals surface area contributed by atoms with E-state index in [1.54, 1.807) is 30.0 Å². The Labute approximate surface area is 146 Å². The van der Waals surface area contributed by atoms with E-state index >= 15 is 0 Å². The van der Waals surface area contributed by atoms with Gasteiger partial charge in [0.1, 0.15) is 5.75 Å². The molecule has 1 aliphatic heterocycles. The van der Waals surface area contributed by atoms with Gasteiger partial charge in [-0.15, -0.1) is 0 Å². The number of ether oxygens (including phenoxy) is 2. The molecule has 0 saturated carbocycles. The number of hydrogen-bond donors (Lipinski definition) is 1. The number of amides is 2. The largest absolute Gasteiger partial charge is 0.479 e. The van der Waals surface area contributed by atoms with Gasteiger partial charge >= 0.3 is 5.97 Å². The maximum Gasteiger partial charge on any atom is 0.306 e. The number of carbonyl (C=O) groups is 3. The summed E-state index contributed by atoms with van der Waals surface area (Å²) in [6.07, 6.45) is -0.569. The first kappa shape index (κ1) is 18.5. The van der Waals surface area contributed by atoms with E-state index in [-0.39, 0.29) is 24.7 Å². The maximum atomic E-state index is 12.3. The molecule has 1 N–H and O–H groups in total. The Hall–Kier alpha value is -2.83. The monoisotopic (exact) mass is 346 g/mol. The van der Waals surface area contributed by atoms with Gasteiger partial charge in [-0.2, -0.15) is 0 Å². The lowest BCUT2D eigenvalue weighted by Gasteiger charge is -2.33. The summed E-state index contributed by atoms with van der Waals surface area (Å²) in [5.74, 6) is -0.361. The van der Waals surface area contributed by atoms with Gasteiger partial charge in [-0.25, -0.2) is 0 Å². The smallest absolute Gasteiger partial charge is 0.306 e. The lowest BCUT2D eigenvalue weighted by Crippen LogP contribution is -2.45. The van der Waals surface area contributed by atoms with Crippen LogP contribution in [0, 0.1) is 0 Å². The average Bonchev–Trinajstić information content (AvgIpc) is 2.56. The maximum absolute atomic E-state index is 12.3. The molecule has 7 nitrogen and oxygen atoms in total. The zero-order valence-corrected chi connectivity index (χ0v) is 14.6. The highest BCUT2D eigenvalue weighted by atomic mass is 16.5. The van der Waals surface area contributed by atoms with Crippen molar-refractivity contribution >= 4 is 29.2 Å². The van der Waals surface area contributed by atoms with Gasteiger partial charge in [-0.1, -0.05) is 12.2 Å². The van der Waals surface area contributed by atoms with Crippen LogP contribution in [-0.2, 0) is 19.1 Å². The third-order valence-electron chi connectivity index (χ3n) is 3.66. The molecule has 0 bridgehead atoms. The Morgan fingerprint density at radius 3 is 2.72 bits per heavy atom. The molecule has 1 aromatic carbocycles. The Bertz CT molecular complexity index is 713. The van der Waals surface area contributed by atoms with E-state index in [0.717, 1.165) is 5.57 Å². The molecule has 0 saturated heterocycles. The number of anilines is 2. The van der Waals surface area contributed by atoms with E-state index < -0.39 is 12.1 Å². The van der Waals surface area contributed by atoms with E-state index in [2.05, 4.69) is 16.6 Å². The zero-order valence-electron chi connectivity index (χ0n) is 14.6. The van der Waals surface area contributed by atoms with Crippen molar-refractivity contribution in [2.24, 2.45) is 0 Å². The molecule has 2 rings (SSSR count). The minimum absolute atomic E-state index is 0.0156. The average molecular weight is 346 g/mol. The van der Waals surface area contributed by atoms with Gasteiger partial charge < -0.3 is 19.7 Å². The topological polar surface area (TPSA) is 84.9 Å². The third kappa shape index (κ3) is 4.59. The second-order valence-corrected chi connectivity index (χ2v) is 5.95. The molecule has 0 spiro atoms. The van der Waals surface area contributed by atoms with Crippen LogP contribution in [0.5, 0.6) is 5.75 Å². The number of hydrogen-bond acceptors (Lipinski definition) is 5. The Morgan fingerprint density at radius 2 is 2.08 bits per heavy atom. The second-order valence-electron chi connectivity index (χ2n) is 5.95. The van der Waals surface area contributed by atoms with Crippen LogP contribution in [-0.4, -0.2) is 37.5 Å². The number of rotatable bonds is 6. The van der Waals surface area contributed by atoms with Crippen molar-refractivity contribution < 1.29 is 23.9 Å². The second kappa shape index (κ2) is 7.83. The van der Waals surface area contributed by atoms with E-state index in [4.69, 9.17) is 4.74 Å². The van der Waals surface area contributed by atoms with E-state index in [0.29, 0.717) is 23.7 Å². The van der Waals surface area contributed by atoms with Crippen LogP contribution in [0.3, 0.4) is 0 Å². The van der Waals surface area contributed by atoms with E-state index in [9.17, 15) is 14.4 Å². The summed E-state index contributed by atoms with van der Waals surface area (Å²) in [4.78, 5) is 36.9. The minimum atomic E-state index is -0.614. The summed E-state index contributed by atoms with van der Waals surface area (Å²) in [5.41, 5.74) is 2.03. The molecule has 1 atom stereocenters. The normalized spacial score (nSPS) is 15.9. The molecule has 1 unspecified atom stereocenters. The number of fused-ring (bicyclic) bond motifs is 1. The van der Waals surface area contributed by atoms with Crippen molar-refractivity contribution in [2.75, 3.05) is 23.9 Å². The molecule has 1 aliphatic rings. The van der Waals surface area contributed by atoms with Gasteiger partial charge in [0.2, 0.25) is 5.91 Å². The summed E-state index contributed by atoms with van der Waals surface area (Å²) < 4.78 is 10.2. The van der Waals surface area contributed by atoms with Crippen molar-refractivity contribution in [1.82, 2.24) is 0 Å². The van der Waals surface area contributed by atoms with Crippen molar-refractivity contribution in [2.45, 2.75) is 32.8 Å². The lowest BCUT2D eigenvalue weighted by molar-refractivity contribution is -0.141. The van der Waals surface area contributed by atoms with Crippen LogP contribution in [0.15, 0.2) is 30.4 Å². The summed E-state index contributed by atoms with van der Waals surface area (Å²) in [6, 6.07) is 5.07. The van der Waals surface area contributed by atoms with Crippen LogP contribution in [0.1, 0.15) is 26.7 Å². The first-order valence-electron chi connectivity index (χ1n) is 7.95. The number of methoxy groups -OCH3 is 1. The highest BCUT2D eigenvalue weighted by Gasteiger charge is 2.31. The zero-order chi connectivity index (χ0) is 18.6. The first-order chi connectivity index (χ1) is 11.8. The van der Waals surface area contributed by atoms with Crippen LogP contribution in [0.4, 0.5) is 11.4 Å². The summed E-state index contributed by atoms with van der Waals surface area (Å²) in [7, 11) is 1.28. The molecule has 25 heavy (non-hydrogen) atoms. The molecule has 2 amide bonds. The lowest BCUT2D eigenvalue weighted by atomic mass is 10.1. The van der Waals surface area contributed by atoms with Gasteiger partial charge in [-0.05, 0) is 26.0 Å². The predicted octanol–water partition coefficient (Wildman–Crippen LogP) is 2.27. The quantitative estimate of drug-likeness (QED) is 0.631. The fourth-order valence-corrected chi connectivity index (χ4v) is 2.46. The summed E-state index contributed by atoms with van der Waals surface area (Å²) >= 11 is 0. The molecule has 0 aromatic heterocycles. The number of nitrogens with one attached hydrogen (secondary N) is 1. The van der Waals surface area contributed by atoms with Crippen molar-refractivity contribution in [3.05, 3.63) is 30.4 Å². The van der Waals surface area contributed by atoms with Gasteiger partial charge in [0, 0.05) is 24.7 Å². The number of carbonyl (C=O) groups excluding carboxylic acids is 3. The fourth-order valence-electron chi connectivity index (χ4n) is 2.46. The summed E-state index contributed by atoms with van der Waals surface area (Å²) in [5, 5.41) is 2.71. The number of nitrogens with zero attached hydrogens (tertiary/aromatic N) is 1. The van der Waals surface area contributed by atoms with Crippen molar-refractivity contribution in [3.63, 3.8) is 0 Å². The molecular weight excluding hydrogens is 324 g/mol. The SMILES string of the molecule is C=C(C)CN1C(=O)C(C)Oc2cc(NC(=O)CCC(=O)OC)ccc21. The first-order valence-corrected chi connectivity index (χ1v) is 7.95. The van der Waals surface area contributed by atoms with Gasteiger partial charge in [0.15, 0.2) is 6.10 Å².